The molecule has 1 aromatic heterocycles. The molecule has 1 aromatic carbocycles. The molecule has 21 heavy (non-hydrogen) atoms. The van der Waals surface area contributed by atoms with Gasteiger partial charge in [0.05, 0.1) is 19.9 Å². The van der Waals surface area contributed by atoms with Crippen LogP contribution in [0, 0.1) is 0 Å². The maximum Gasteiger partial charge on any atom is 0.146 e. The van der Waals surface area contributed by atoms with Gasteiger partial charge in [-0.15, -0.1) is 0 Å². The van der Waals surface area contributed by atoms with E-state index in [9.17, 15) is 0 Å². The highest BCUT2D eigenvalue weighted by atomic mass is 35.5. The zero-order valence-electron chi connectivity index (χ0n) is 11.9. The van der Waals surface area contributed by atoms with Crippen LogP contribution < -0.4 is 14.8 Å². The van der Waals surface area contributed by atoms with Crippen molar-refractivity contribution in [1.29, 1.82) is 0 Å². The molecule has 1 aliphatic rings. The minimum Gasteiger partial charge on any atom is -0.497 e. The van der Waals surface area contributed by atoms with Gasteiger partial charge in [0.2, 0.25) is 0 Å². The van der Waals surface area contributed by atoms with Crippen LogP contribution in [0.25, 0.3) is 0 Å². The van der Waals surface area contributed by atoms with Crippen LogP contribution in [0.15, 0.2) is 24.3 Å². The molecular weight excluding hydrogens is 290 g/mol. The standard InChI is InChI=1S/C15H16ClN3O2/c1-20-10-5-6-11(12(7-10)21-2)17-14-8-13(16)18-15(19-14)9-3-4-9/h5-9H,3-4H2,1-2H3,(H,17,18,19). The Hall–Kier alpha value is -2.01. The van der Waals surface area contributed by atoms with Gasteiger partial charge in [0.15, 0.2) is 0 Å². The van der Waals surface area contributed by atoms with Gasteiger partial charge in [0, 0.05) is 18.1 Å². The number of ether oxygens (including phenoxy) is 2. The van der Waals surface area contributed by atoms with Crippen molar-refractivity contribution in [3.8, 4) is 11.5 Å². The predicted octanol–water partition coefficient (Wildman–Crippen LogP) is 3.77. The lowest BCUT2D eigenvalue weighted by Crippen LogP contribution is -2.01. The van der Waals surface area contributed by atoms with Crippen molar-refractivity contribution in [2.45, 2.75) is 18.8 Å². The lowest BCUT2D eigenvalue weighted by Gasteiger charge is -2.12. The van der Waals surface area contributed by atoms with Crippen molar-refractivity contribution in [2.75, 3.05) is 19.5 Å². The lowest BCUT2D eigenvalue weighted by atomic mass is 10.2. The molecule has 0 radical (unpaired) electrons. The Kier molecular flexibility index (Phi) is 3.84. The molecule has 5 nitrogen and oxygen atoms in total. The van der Waals surface area contributed by atoms with Crippen molar-refractivity contribution in [1.82, 2.24) is 9.97 Å². The molecule has 6 heteroatoms. The molecular formula is C15H16ClN3O2. The number of nitrogens with zero attached hydrogens (tertiary/aromatic N) is 2. The topological polar surface area (TPSA) is 56.3 Å². The van der Waals surface area contributed by atoms with E-state index in [-0.39, 0.29) is 0 Å². The molecule has 1 saturated carbocycles. The van der Waals surface area contributed by atoms with Gasteiger partial charge in [-0.25, -0.2) is 9.97 Å². The quantitative estimate of drug-likeness (QED) is 0.852. The monoisotopic (exact) mass is 305 g/mol. The number of rotatable bonds is 5. The van der Waals surface area contributed by atoms with Crippen molar-refractivity contribution in [3.63, 3.8) is 0 Å². The molecule has 1 heterocycles. The fourth-order valence-corrected chi connectivity index (χ4v) is 2.25. The van der Waals surface area contributed by atoms with Gasteiger partial charge >= 0.3 is 0 Å². The summed E-state index contributed by atoms with van der Waals surface area (Å²) in [5.41, 5.74) is 0.801. The average Bonchev–Trinajstić information content (AvgIpc) is 3.31. The van der Waals surface area contributed by atoms with Crippen LogP contribution >= 0.6 is 11.6 Å². The summed E-state index contributed by atoms with van der Waals surface area (Å²) < 4.78 is 10.5. The zero-order valence-corrected chi connectivity index (χ0v) is 12.6. The third-order valence-electron chi connectivity index (χ3n) is 3.33. The Labute approximate surface area is 128 Å². The highest BCUT2D eigenvalue weighted by molar-refractivity contribution is 6.29. The van der Waals surface area contributed by atoms with Crippen LogP contribution in [0.5, 0.6) is 11.5 Å². The first-order chi connectivity index (χ1) is 10.2. The SMILES string of the molecule is COc1ccc(Nc2cc(Cl)nc(C3CC3)n2)c(OC)c1. The summed E-state index contributed by atoms with van der Waals surface area (Å²) in [5.74, 6) is 3.33. The summed E-state index contributed by atoms with van der Waals surface area (Å²) in [7, 11) is 3.23. The number of nitrogens with one attached hydrogen (secondary N) is 1. The predicted molar refractivity (Wildman–Crippen MR) is 81.8 cm³/mol. The highest BCUT2D eigenvalue weighted by Crippen LogP contribution is 2.39. The Bertz CT molecular complexity index is 659. The van der Waals surface area contributed by atoms with Gasteiger partial charge in [-0.2, -0.15) is 0 Å². The smallest absolute Gasteiger partial charge is 0.146 e. The summed E-state index contributed by atoms with van der Waals surface area (Å²) in [6, 6.07) is 7.25. The Morgan fingerprint density at radius 2 is 1.95 bits per heavy atom. The second kappa shape index (κ2) is 5.77. The number of halogens is 1. The largest absolute Gasteiger partial charge is 0.497 e. The van der Waals surface area contributed by atoms with E-state index in [1.165, 1.54) is 0 Å². The minimum atomic E-state index is 0.446. The van der Waals surface area contributed by atoms with Crippen LogP contribution in [0.4, 0.5) is 11.5 Å². The van der Waals surface area contributed by atoms with Crippen LogP contribution in [0.1, 0.15) is 24.6 Å². The van der Waals surface area contributed by atoms with E-state index < -0.39 is 0 Å². The van der Waals surface area contributed by atoms with Gasteiger partial charge in [-0.05, 0) is 25.0 Å². The molecule has 0 unspecified atom stereocenters. The van der Waals surface area contributed by atoms with Crippen LogP contribution in [0.3, 0.4) is 0 Å². The Morgan fingerprint density at radius 1 is 1.14 bits per heavy atom. The number of hydrogen-bond acceptors (Lipinski definition) is 5. The van der Waals surface area contributed by atoms with E-state index in [4.69, 9.17) is 21.1 Å². The molecule has 0 atom stereocenters. The zero-order chi connectivity index (χ0) is 14.8. The second-order valence-electron chi connectivity index (χ2n) is 4.90. The lowest BCUT2D eigenvalue weighted by molar-refractivity contribution is 0.395. The van der Waals surface area contributed by atoms with Crippen molar-refractivity contribution < 1.29 is 9.47 Å². The average molecular weight is 306 g/mol. The second-order valence-corrected chi connectivity index (χ2v) is 5.29. The van der Waals surface area contributed by atoms with E-state index in [2.05, 4.69) is 15.3 Å². The number of anilines is 2. The van der Waals surface area contributed by atoms with Gasteiger partial charge in [-0.3, -0.25) is 0 Å². The Balaban J connectivity index is 1.89. The molecule has 1 fully saturated rings. The highest BCUT2D eigenvalue weighted by Gasteiger charge is 2.27. The first-order valence-electron chi connectivity index (χ1n) is 6.73. The summed E-state index contributed by atoms with van der Waals surface area (Å²) >= 11 is 6.07. The molecule has 3 rings (SSSR count). The first kappa shape index (κ1) is 13.9. The molecule has 110 valence electrons. The fraction of sp³-hybridized carbons (Fsp3) is 0.333. The van der Waals surface area contributed by atoms with E-state index >= 15 is 0 Å². The van der Waals surface area contributed by atoms with Crippen LogP contribution in [0.2, 0.25) is 5.15 Å². The van der Waals surface area contributed by atoms with E-state index in [1.54, 1.807) is 20.3 Å². The number of aromatic nitrogens is 2. The summed E-state index contributed by atoms with van der Waals surface area (Å²) in [6.45, 7) is 0. The molecule has 0 amide bonds. The fourth-order valence-electron chi connectivity index (χ4n) is 2.06. The van der Waals surface area contributed by atoms with E-state index in [0.29, 0.717) is 22.6 Å². The molecule has 0 bridgehead atoms. The first-order valence-corrected chi connectivity index (χ1v) is 7.11. The molecule has 0 aliphatic heterocycles. The molecule has 2 aromatic rings. The van der Waals surface area contributed by atoms with Crippen molar-refractivity contribution in [3.05, 3.63) is 35.2 Å². The Morgan fingerprint density at radius 3 is 2.62 bits per heavy atom. The molecule has 0 saturated heterocycles. The number of methoxy groups -OCH3 is 2. The maximum absolute atomic E-state index is 6.07. The molecule has 1 aliphatic carbocycles. The summed E-state index contributed by atoms with van der Waals surface area (Å²) in [5, 5.41) is 3.67. The van der Waals surface area contributed by atoms with E-state index in [0.717, 1.165) is 30.1 Å². The van der Waals surface area contributed by atoms with E-state index in [1.807, 2.05) is 18.2 Å². The molecule has 1 N–H and O–H groups in total. The normalized spacial score (nSPS) is 13.9. The summed E-state index contributed by atoms with van der Waals surface area (Å²) in [6.07, 6.45) is 2.26. The minimum absolute atomic E-state index is 0.446. The van der Waals surface area contributed by atoms with Gasteiger partial charge in [0.25, 0.3) is 0 Å². The van der Waals surface area contributed by atoms with Gasteiger partial charge < -0.3 is 14.8 Å². The van der Waals surface area contributed by atoms with Gasteiger partial charge in [-0.1, -0.05) is 11.6 Å². The number of hydrogen-bond donors (Lipinski definition) is 1. The van der Waals surface area contributed by atoms with Crippen molar-refractivity contribution >= 4 is 23.1 Å². The third kappa shape index (κ3) is 3.19. The van der Waals surface area contributed by atoms with Crippen LogP contribution in [-0.4, -0.2) is 24.2 Å². The number of benzene rings is 1. The maximum atomic E-state index is 6.07. The summed E-state index contributed by atoms with van der Waals surface area (Å²) in [4.78, 5) is 8.79. The van der Waals surface area contributed by atoms with Crippen LogP contribution in [-0.2, 0) is 0 Å². The molecule has 0 spiro atoms. The van der Waals surface area contributed by atoms with Crippen molar-refractivity contribution in [2.24, 2.45) is 0 Å². The van der Waals surface area contributed by atoms with Gasteiger partial charge in [0.1, 0.15) is 28.3 Å². The third-order valence-corrected chi connectivity index (χ3v) is 3.52.